The average Bonchev–Trinajstić information content (AvgIpc) is 2.77. The van der Waals surface area contributed by atoms with Gasteiger partial charge >= 0.3 is 0 Å². The first kappa shape index (κ1) is 22.5. The molecule has 0 radical (unpaired) electrons. The van der Waals surface area contributed by atoms with Crippen LogP contribution in [0.3, 0.4) is 0 Å². The monoisotopic (exact) mass is 490 g/mol. The number of Topliss-reactive ketones (excluding diaryl/α,β-unsaturated/α-hetero) is 1. The number of benzene rings is 2. The lowest BCUT2D eigenvalue weighted by Gasteiger charge is -2.13. The van der Waals surface area contributed by atoms with Crippen LogP contribution >= 0.6 is 27.7 Å². The van der Waals surface area contributed by atoms with Crippen molar-refractivity contribution in [2.24, 2.45) is 0 Å². The quantitative estimate of drug-likeness (QED) is 0.179. The number of halogens is 1. The highest BCUT2D eigenvalue weighted by Gasteiger charge is 2.15. The standard InChI is InChI=1S/C22H23BrN2O4S/c1-3-29-11-5-10-25-21(27)18-13-16(23)8-9-19(18)24-22(25)30-14-20(26)15-6-4-7-17(12-15)28-2/h4,6-9,12-13H,3,5,10-11,14H2,1-2H3. The smallest absolute Gasteiger partial charge is 0.262 e. The molecule has 1 heterocycles. The van der Waals surface area contributed by atoms with E-state index in [1.54, 1.807) is 48.1 Å². The Bertz CT molecular complexity index is 1100. The van der Waals surface area contributed by atoms with Gasteiger partial charge in [0.15, 0.2) is 10.9 Å². The summed E-state index contributed by atoms with van der Waals surface area (Å²) in [7, 11) is 1.57. The predicted molar refractivity (Wildman–Crippen MR) is 123 cm³/mol. The Morgan fingerprint density at radius 3 is 2.83 bits per heavy atom. The summed E-state index contributed by atoms with van der Waals surface area (Å²) in [5.74, 6) is 0.755. The van der Waals surface area contributed by atoms with Crippen molar-refractivity contribution in [3.63, 3.8) is 0 Å². The van der Waals surface area contributed by atoms with Crippen LogP contribution in [0.4, 0.5) is 0 Å². The number of methoxy groups -OCH3 is 1. The van der Waals surface area contributed by atoms with Crippen LogP contribution in [-0.4, -0.2) is 41.4 Å². The summed E-state index contributed by atoms with van der Waals surface area (Å²) in [6, 6.07) is 12.5. The number of fused-ring (bicyclic) bond motifs is 1. The summed E-state index contributed by atoms with van der Waals surface area (Å²) in [6.07, 6.45) is 0.687. The van der Waals surface area contributed by atoms with Gasteiger partial charge in [0.2, 0.25) is 0 Å². The first-order valence-electron chi connectivity index (χ1n) is 9.61. The molecular formula is C22H23BrN2O4S. The molecule has 1 aromatic heterocycles. The predicted octanol–water partition coefficient (Wildman–Crippen LogP) is 4.57. The van der Waals surface area contributed by atoms with E-state index in [1.807, 2.05) is 13.0 Å². The molecule has 8 heteroatoms. The fourth-order valence-electron chi connectivity index (χ4n) is 2.96. The maximum absolute atomic E-state index is 13.1. The van der Waals surface area contributed by atoms with Crippen molar-refractivity contribution in [3.05, 3.63) is 62.9 Å². The molecular weight excluding hydrogens is 468 g/mol. The van der Waals surface area contributed by atoms with Crippen molar-refractivity contribution < 1.29 is 14.3 Å². The van der Waals surface area contributed by atoms with Gasteiger partial charge in [-0.3, -0.25) is 14.2 Å². The molecule has 0 bridgehead atoms. The van der Waals surface area contributed by atoms with Gasteiger partial charge in [-0.15, -0.1) is 0 Å². The van der Waals surface area contributed by atoms with E-state index in [1.165, 1.54) is 11.8 Å². The molecule has 0 atom stereocenters. The number of carbonyl (C=O) groups is 1. The molecule has 6 nitrogen and oxygen atoms in total. The lowest BCUT2D eigenvalue weighted by Crippen LogP contribution is -2.24. The minimum Gasteiger partial charge on any atom is -0.497 e. The first-order chi connectivity index (χ1) is 14.5. The molecule has 0 saturated heterocycles. The third kappa shape index (κ3) is 5.50. The molecule has 0 amide bonds. The van der Waals surface area contributed by atoms with Gasteiger partial charge in [-0.05, 0) is 43.7 Å². The van der Waals surface area contributed by atoms with Gasteiger partial charge < -0.3 is 9.47 Å². The number of nitrogens with zero attached hydrogens (tertiary/aromatic N) is 2. The van der Waals surface area contributed by atoms with Crippen LogP contribution in [0, 0.1) is 0 Å². The molecule has 0 N–H and O–H groups in total. The van der Waals surface area contributed by atoms with E-state index < -0.39 is 0 Å². The molecule has 3 aromatic rings. The van der Waals surface area contributed by atoms with E-state index in [2.05, 4.69) is 20.9 Å². The number of aromatic nitrogens is 2. The number of thioether (sulfide) groups is 1. The Balaban J connectivity index is 1.87. The molecule has 0 fully saturated rings. The van der Waals surface area contributed by atoms with E-state index in [4.69, 9.17) is 9.47 Å². The molecule has 0 aliphatic carbocycles. The van der Waals surface area contributed by atoms with Crippen LogP contribution in [0.25, 0.3) is 10.9 Å². The fraction of sp³-hybridized carbons (Fsp3) is 0.318. The molecule has 2 aromatic carbocycles. The van der Waals surface area contributed by atoms with E-state index in [9.17, 15) is 9.59 Å². The third-order valence-corrected chi connectivity index (χ3v) is 5.95. The minimum absolute atomic E-state index is 0.0510. The van der Waals surface area contributed by atoms with Gasteiger partial charge in [0.05, 0.1) is 23.8 Å². The van der Waals surface area contributed by atoms with Gasteiger partial charge in [-0.1, -0.05) is 39.8 Å². The van der Waals surface area contributed by atoms with Gasteiger partial charge in [0.25, 0.3) is 5.56 Å². The summed E-state index contributed by atoms with van der Waals surface area (Å²) >= 11 is 4.68. The van der Waals surface area contributed by atoms with E-state index in [0.717, 1.165) is 4.47 Å². The third-order valence-electron chi connectivity index (χ3n) is 4.48. The van der Waals surface area contributed by atoms with Crippen LogP contribution in [0.1, 0.15) is 23.7 Å². The topological polar surface area (TPSA) is 70.4 Å². The highest BCUT2D eigenvalue weighted by Crippen LogP contribution is 2.22. The van der Waals surface area contributed by atoms with E-state index >= 15 is 0 Å². The summed E-state index contributed by atoms with van der Waals surface area (Å²) in [5.41, 5.74) is 1.06. The molecule has 0 saturated carbocycles. The Labute approximate surface area is 187 Å². The maximum atomic E-state index is 13.1. The summed E-state index contributed by atoms with van der Waals surface area (Å²) in [5, 5.41) is 1.08. The summed E-state index contributed by atoms with van der Waals surface area (Å²) in [4.78, 5) is 30.4. The second kappa shape index (κ2) is 10.7. The zero-order chi connectivity index (χ0) is 21.5. The highest BCUT2D eigenvalue weighted by atomic mass is 79.9. The number of carbonyl (C=O) groups excluding carboxylic acids is 1. The number of ether oxygens (including phenoxy) is 2. The Morgan fingerprint density at radius 1 is 1.23 bits per heavy atom. The van der Waals surface area contributed by atoms with Crippen molar-refractivity contribution in [1.82, 2.24) is 9.55 Å². The number of hydrogen-bond acceptors (Lipinski definition) is 6. The van der Waals surface area contributed by atoms with Crippen molar-refractivity contribution in [2.75, 3.05) is 26.1 Å². The molecule has 0 spiro atoms. The SMILES string of the molecule is CCOCCCn1c(SCC(=O)c2cccc(OC)c2)nc2ccc(Br)cc2c1=O. The zero-order valence-corrected chi connectivity index (χ0v) is 19.3. The van der Waals surface area contributed by atoms with Crippen LogP contribution < -0.4 is 10.3 Å². The Kier molecular flexibility index (Phi) is 8.07. The fourth-order valence-corrected chi connectivity index (χ4v) is 4.24. The maximum Gasteiger partial charge on any atom is 0.262 e. The molecule has 0 aliphatic heterocycles. The van der Waals surface area contributed by atoms with E-state index in [-0.39, 0.29) is 17.1 Å². The second-order valence-electron chi connectivity index (χ2n) is 6.51. The van der Waals surface area contributed by atoms with Gasteiger partial charge in [-0.25, -0.2) is 4.98 Å². The van der Waals surface area contributed by atoms with Crippen molar-refractivity contribution in [1.29, 1.82) is 0 Å². The Morgan fingerprint density at radius 2 is 2.07 bits per heavy atom. The second-order valence-corrected chi connectivity index (χ2v) is 8.37. The van der Waals surface area contributed by atoms with Gasteiger partial charge in [-0.2, -0.15) is 0 Å². The summed E-state index contributed by atoms with van der Waals surface area (Å²) < 4.78 is 13.1. The van der Waals surface area contributed by atoms with Crippen molar-refractivity contribution in [2.45, 2.75) is 25.0 Å². The summed E-state index contributed by atoms with van der Waals surface area (Å²) in [6.45, 7) is 3.61. The largest absolute Gasteiger partial charge is 0.497 e. The lowest BCUT2D eigenvalue weighted by molar-refractivity contribution is 0.102. The number of rotatable bonds is 10. The molecule has 0 aliphatic rings. The van der Waals surface area contributed by atoms with Crippen LogP contribution in [0.2, 0.25) is 0 Å². The van der Waals surface area contributed by atoms with Crippen molar-refractivity contribution >= 4 is 44.4 Å². The van der Waals surface area contributed by atoms with Crippen molar-refractivity contribution in [3.8, 4) is 5.75 Å². The molecule has 3 rings (SSSR count). The zero-order valence-electron chi connectivity index (χ0n) is 16.9. The highest BCUT2D eigenvalue weighted by molar-refractivity contribution is 9.10. The van der Waals surface area contributed by atoms with Gasteiger partial charge in [0.1, 0.15) is 5.75 Å². The normalized spacial score (nSPS) is 11.0. The Hall–Kier alpha value is -2.16. The lowest BCUT2D eigenvalue weighted by atomic mass is 10.1. The first-order valence-corrected chi connectivity index (χ1v) is 11.4. The average molecular weight is 491 g/mol. The van der Waals surface area contributed by atoms with Crippen LogP contribution in [0.5, 0.6) is 5.75 Å². The van der Waals surface area contributed by atoms with Crippen LogP contribution in [0.15, 0.2) is 56.9 Å². The number of ketones is 1. The molecule has 30 heavy (non-hydrogen) atoms. The van der Waals surface area contributed by atoms with E-state index in [0.29, 0.717) is 53.6 Å². The van der Waals surface area contributed by atoms with Gasteiger partial charge in [0, 0.05) is 29.8 Å². The minimum atomic E-state index is -0.117. The number of hydrogen-bond donors (Lipinski definition) is 0. The molecule has 0 unspecified atom stereocenters. The molecule has 158 valence electrons. The van der Waals surface area contributed by atoms with Crippen LogP contribution in [-0.2, 0) is 11.3 Å².